The fourth-order valence-electron chi connectivity index (χ4n) is 1.88. The third-order valence-electron chi connectivity index (χ3n) is 2.48. The zero-order valence-electron chi connectivity index (χ0n) is 7.55. The van der Waals surface area contributed by atoms with Crippen LogP contribution in [-0.4, -0.2) is 47.0 Å². The van der Waals surface area contributed by atoms with Gasteiger partial charge in [-0.05, 0) is 0 Å². The second kappa shape index (κ2) is 3.50. The van der Waals surface area contributed by atoms with Crippen molar-refractivity contribution in [2.45, 2.75) is 11.3 Å². The molecule has 0 N–H and O–H groups in total. The van der Waals surface area contributed by atoms with E-state index in [-0.39, 0.29) is 22.8 Å². The molecule has 2 aliphatic heterocycles. The van der Waals surface area contributed by atoms with Crippen molar-refractivity contribution in [1.82, 2.24) is 4.90 Å². The van der Waals surface area contributed by atoms with Gasteiger partial charge in [-0.25, -0.2) is 8.42 Å². The van der Waals surface area contributed by atoms with Crippen LogP contribution in [0.15, 0.2) is 12.7 Å². The van der Waals surface area contributed by atoms with Gasteiger partial charge in [-0.1, -0.05) is 30.1 Å². The second-order valence-corrected chi connectivity index (χ2v) is 7.53. The largest absolute Gasteiger partial charge is 0.349 e. The van der Waals surface area contributed by atoms with Gasteiger partial charge in [-0.15, -0.1) is 6.58 Å². The fraction of sp³-hybridized carbons (Fsp3) is 0.625. The maximum Gasteiger partial charge on any atom is 0.153 e. The number of sulfone groups is 1. The maximum atomic E-state index is 11.4. The summed E-state index contributed by atoms with van der Waals surface area (Å²) < 4.78 is 23.6. The van der Waals surface area contributed by atoms with E-state index >= 15 is 0 Å². The van der Waals surface area contributed by atoms with Gasteiger partial charge in [0, 0.05) is 11.8 Å². The molecule has 3 nitrogen and oxygen atoms in total. The minimum atomic E-state index is -2.84. The van der Waals surface area contributed by atoms with Gasteiger partial charge < -0.3 is 4.90 Å². The first-order valence-electron chi connectivity index (χ1n) is 4.32. The standard InChI is InChI=1S/C8H11NO2S3/c1-2-3-9-6-4-14(10,11)5-7(6)13-8(9)12/h2,6-7H,1,3-5H2/t6-,7+/m1/s1. The van der Waals surface area contributed by atoms with E-state index in [2.05, 4.69) is 6.58 Å². The summed E-state index contributed by atoms with van der Waals surface area (Å²) >= 11 is 6.70. The van der Waals surface area contributed by atoms with Crippen LogP contribution < -0.4 is 0 Å². The highest BCUT2D eigenvalue weighted by atomic mass is 32.2. The van der Waals surface area contributed by atoms with Crippen molar-refractivity contribution in [1.29, 1.82) is 0 Å². The van der Waals surface area contributed by atoms with Crippen LogP contribution in [0.2, 0.25) is 0 Å². The molecule has 6 heteroatoms. The predicted octanol–water partition coefficient (Wildman–Crippen LogP) is 0.672. The molecule has 0 aromatic heterocycles. The van der Waals surface area contributed by atoms with E-state index in [0.29, 0.717) is 6.54 Å². The Morgan fingerprint density at radius 3 is 3.00 bits per heavy atom. The van der Waals surface area contributed by atoms with Crippen molar-refractivity contribution in [3.8, 4) is 0 Å². The van der Waals surface area contributed by atoms with Gasteiger partial charge in [0.05, 0.1) is 17.5 Å². The average molecular weight is 249 g/mol. The molecule has 2 heterocycles. The number of rotatable bonds is 2. The van der Waals surface area contributed by atoms with E-state index in [1.54, 1.807) is 6.08 Å². The highest BCUT2D eigenvalue weighted by molar-refractivity contribution is 8.24. The number of thiocarbonyl (C=S) groups is 1. The molecule has 0 bridgehead atoms. The molecule has 0 aromatic carbocycles. The zero-order valence-corrected chi connectivity index (χ0v) is 10.00. The molecule has 0 aromatic rings. The van der Waals surface area contributed by atoms with Crippen LogP contribution in [-0.2, 0) is 9.84 Å². The Bertz CT molecular complexity index is 376. The summed E-state index contributed by atoms with van der Waals surface area (Å²) in [5.74, 6) is 0.523. The van der Waals surface area contributed by atoms with Gasteiger partial charge >= 0.3 is 0 Å². The summed E-state index contributed by atoms with van der Waals surface area (Å²) in [4.78, 5) is 1.97. The van der Waals surface area contributed by atoms with Crippen LogP contribution in [0.25, 0.3) is 0 Å². The number of thioether (sulfide) groups is 1. The monoisotopic (exact) mass is 249 g/mol. The van der Waals surface area contributed by atoms with Gasteiger partial charge in [0.15, 0.2) is 9.84 Å². The number of nitrogens with zero attached hydrogens (tertiary/aromatic N) is 1. The maximum absolute atomic E-state index is 11.4. The van der Waals surface area contributed by atoms with E-state index in [0.717, 1.165) is 4.32 Å². The first kappa shape index (κ1) is 10.4. The van der Waals surface area contributed by atoms with Gasteiger partial charge in [-0.3, -0.25) is 0 Å². The van der Waals surface area contributed by atoms with Gasteiger partial charge in [0.25, 0.3) is 0 Å². The summed E-state index contributed by atoms with van der Waals surface area (Å²) in [5.41, 5.74) is 0. The lowest BCUT2D eigenvalue weighted by atomic mass is 10.2. The lowest BCUT2D eigenvalue weighted by Gasteiger charge is -2.21. The predicted molar refractivity (Wildman–Crippen MR) is 63.3 cm³/mol. The van der Waals surface area contributed by atoms with E-state index in [9.17, 15) is 8.42 Å². The molecule has 0 spiro atoms. The smallest absolute Gasteiger partial charge is 0.153 e. The molecule has 2 saturated heterocycles. The zero-order chi connectivity index (χ0) is 10.3. The molecule has 0 aliphatic carbocycles. The summed E-state index contributed by atoms with van der Waals surface area (Å²) in [6, 6.07) is 0.0792. The molecule has 2 aliphatic rings. The Balaban J connectivity index is 2.21. The van der Waals surface area contributed by atoms with Gasteiger partial charge in [0.2, 0.25) is 0 Å². The highest BCUT2D eigenvalue weighted by Crippen LogP contribution is 2.37. The molecule has 0 unspecified atom stereocenters. The molecule has 2 fully saturated rings. The average Bonchev–Trinajstić information content (AvgIpc) is 2.47. The summed E-state index contributed by atoms with van der Waals surface area (Å²) in [6.07, 6.45) is 1.76. The number of fused-ring (bicyclic) bond motifs is 1. The van der Waals surface area contributed by atoms with Crippen LogP contribution in [0, 0.1) is 0 Å². The normalized spacial score (nSPS) is 34.6. The van der Waals surface area contributed by atoms with Crippen molar-refractivity contribution in [3.05, 3.63) is 12.7 Å². The highest BCUT2D eigenvalue weighted by Gasteiger charge is 2.47. The first-order chi connectivity index (χ1) is 6.53. The Labute approximate surface area is 93.5 Å². The molecule has 2 atom stereocenters. The quantitative estimate of drug-likeness (QED) is 0.531. The van der Waals surface area contributed by atoms with Gasteiger partial charge in [0.1, 0.15) is 4.32 Å². The second-order valence-electron chi connectivity index (χ2n) is 3.51. The fourth-order valence-corrected chi connectivity index (χ4v) is 6.27. The molecule has 78 valence electrons. The third kappa shape index (κ3) is 1.70. The van der Waals surface area contributed by atoms with Crippen molar-refractivity contribution in [2.75, 3.05) is 18.1 Å². The molecule has 2 rings (SSSR count). The minimum absolute atomic E-state index is 0.0792. The Kier molecular flexibility index (Phi) is 2.61. The molecule has 14 heavy (non-hydrogen) atoms. The molecular weight excluding hydrogens is 238 g/mol. The van der Waals surface area contributed by atoms with E-state index in [4.69, 9.17) is 12.2 Å². The third-order valence-corrected chi connectivity index (χ3v) is 6.16. The van der Waals surface area contributed by atoms with Crippen LogP contribution >= 0.6 is 24.0 Å². The van der Waals surface area contributed by atoms with Crippen molar-refractivity contribution in [2.24, 2.45) is 0 Å². The van der Waals surface area contributed by atoms with E-state index in [1.165, 1.54) is 11.8 Å². The Morgan fingerprint density at radius 2 is 2.36 bits per heavy atom. The molecule has 0 saturated carbocycles. The number of hydrogen-bond acceptors (Lipinski definition) is 4. The summed E-state index contributed by atoms with van der Waals surface area (Å²) in [6.45, 7) is 4.30. The lowest BCUT2D eigenvalue weighted by Crippen LogP contribution is -2.36. The van der Waals surface area contributed by atoms with Crippen LogP contribution in [0.1, 0.15) is 0 Å². The van der Waals surface area contributed by atoms with Crippen molar-refractivity contribution < 1.29 is 8.42 Å². The topological polar surface area (TPSA) is 37.4 Å². The Morgan fingerprint density at radius 1 is 1.64 bits per heavy atom. The van der Waals surface area contributed by atoms with Crippen LogP contribution in [0.5, 0.6) is 0 Å². The summed E-state index contributed by atoms with van der Waals surface area (Å²) in [5, 5.41) is 0.146. The van der Waals surface area contributed by atoms with Crippen molar-refractivity contribution in [3.63, 3.8) is 0 Å². The van der Waals surface area contributed by atoms with Crippen LogP contribution in [0.4, 0.5) is 0 Å². The van der Waals surface area contributed by atoms with E-state index in [1.807, 2.05) is 4.90 Å². The van der Waals surface area contributed by atoms with Gasteiger partial charge in [-0.2, -0.15) is 0 Å². The number of hydrogen-bond donors (Lipinski definition) is 0. The minimum Gasteiger partial charge on any atom is -0.349 e. The SMILES string of the molecule is C=CCN1C(=S)S[C@H]2CS(=O)(=O)C[C@H]21. The molecular formula is C8H11NO2S3. The summed E-state index contributed by atoms with van der Waals surface area (Å²) in [7, 11) is -2.84. The van der Waals surface area contributed by atoms with Crippen LogP contribution in [0.3, 0.4) is 0 Å². The Hall–Kier alpha value is -0.0700. The lowest BCUT2D eigenvalue weighted by molar-refractivity contribution is 0.396. The van der Waals surface area contributed by atoms with E-state index < -0.39 is 9.84 Å². The molecule has 0 radical (unpaired) electrons. The molecule has 0 amide bonds. The first-order valence-corrected chi connectivity index (χ1v) is 7.43. The van der Waals surface area contributed by atoms with Crippen molar-refractivity contribution >= 4 is 38.1 Å².